The Morgan fingerprint density at radius 1 is 1.22 bits per heavy atom. The van der Waals surface area contributed by atoms with Crippen LogP contribution in [0.4, 0.5) is 13.2 Å². The van der Waals surface area contributed by atoms with Crippen LogP contribution in [0.2, 0.25) is 0 Å². The Bertz CT molecular complexity index is 1040. The van der Waals surface area contributed by atoms with E-state index in [1.807, 2.05) is 0 Å². The minimum absolute atomic E-state index is 0.0672. The number of halogens is 3. The van der Waals surface area contributed by atoms with Gasteiger partial charge in [-0.1, -0.05) is 12.1 Å². The molecule has 0 radical (unpaired) electrons. The lowest BCUT2D eigenvalue weighted by Crippen LogP contribution is -2.56. The summed E-state index contributed by atoms with van der Waals surface area (Å²) < 4.78 is 47.4. The third-order valence-corrected chi connectivity index (χ3v) is 7.55. The van der Waals surface area contributed by atoms with E-state index < -0.39 is 65.2 Å². The van der Waals surface area contributed by atoms with Crippen LogP contribution in [0.25, 0.3) is 11.3 Å². The predicted octanol–water partition coefficient (Wildman–Crippen LogP) is 0.693. The Balaban J connectivity index is 1.92. The molecule has 14 heteroatoms. The van der Waals surface area contributed by atoms with Crippen molar-refractivity contribution in [3.05, 3.63) is 35.8 Å². The molecule has 1 fully saturated rings. The Kier molecular flexibility index (Phi) is 9.35. The van der Waals surface area contributed by atoms with E-state index in [1.165, 1.54) is 11.1 Å². The van der Waals surface area contributed by atoms with Crippen molar-refractivity contribution in [3.8, 4) is 11.3 Å². The quantitative estimate of drug-likeness (QED) is 0.342. The van der Waals surface area contributed by atoms with E-state index in [0.29, 0.717) is 6.54 Å². The third kappa shape index (κ3) is 5.68. The van der Waals surface area contributed by atoms with Crippen molar-refractivity contribution in [1.29, 1.82) is 0 Å². The molecule has 1 aliphatic rings. The number of aromatic nitrogens is 3. The number of nitrogens with zero attached hydrogens (tertiary/aromatic N) is 4. The Labute approximate surface area is 209 Å². The monoisotopic (exact) mass is 534 g/mol. The number of ether oxygens (including phenoxy) is 1. The van der Waals surface area contributed by atoms with E-state index in [4.69, 9.17) is 4.74 Å². The molecule has 1 saturated heterocycles. The van der Waals surface area contributed by atoms with Crippen LogP contribution >= 0.6 is 11.8 Å². The van der Waals surface area contributed by atoms with Crippen molar-refractivity contribution < 1.29 is 43.1 Å². The molecule has 0 spiro atoms. The average Bonchev–Trinajstić information content (AvgIpc) is 3.35. The van der Waals surface area contributed by atoms with Gasteiger partial charge in [-0.3, -0.25) is 4.79 Å². The van der Waals surface area contributed by atoms with Gasteiger partial charge in [0.2, 0.25) is 5.91 Å². The van der Waals surface area contributed by atoms with Crippen molar-refractivity contribution >= 4 is 17.7 Å². The van der Waals surface area contributed by atoms with Gasteiger partial charge in [-0.25, -0.2) is 17.9 Å². The Morgan fingerprint density at radius 3 is 2.42 bits per heavy atom. The van der Waals surface area contributed by atoms with Gasteiger partial charge >= 0.3 is 0 Å². The molecule has 0 aliphatic carbocycles. The minimum Gasteiger partial charge on any atom is -0.394 e. The van der Waals surface area contributed by atoms with E-state index in [1.54, 1.807) is 20.9 Å². The molecule has 2 aromatic rings. The van der Waals surface area contributed by atoms with E-state index in [-0.39, 0.29) is 23.6 Å². The smallest absolute Gasteiger partial charge is 0.238 e. The standard InChI is InChI=1S/C22H29F3N4O6S/c1-4-14(31)20(21(34)28(3)5-2)36-22-19(33)17(18(32)15(9-30)35-22)29-8-13(26-27-29)10-6-11(23)16(25)12(24)7-10/h6-8,14-15,17-20,22,30-33H,4-5,9H2,1-3H3/t14-,15+,17-,18-,19+,20-,22-/m0/s1. The fourth-order valence-electron chi connectivity index (χ4n) is 3.80. The first-order chi connectivity index (χ1) is 17.0. The first-order valence-electron chi connectivity index (χ1n) is 11.3. The van der Waals surface area contributed by atoms with Crippen LogP contribution in [0.3, 0.4) is 0 Å². The number of aliphatic hydroxyl groups is 4. The van der Waals surface area contributed by atoms with Crippen LogP contribution in [-0.2, 0) is 9.53 Å². The number of carbonyl (C=O) groups excluding carboxylic acids is 1. The number of thioether (sulfide) groups is 1. The molecule has 3 rings (SSSR count). The van der Waals surface area contributed by atoms with Crippen LogP contribution in [0.5, 0.6) is 0 Å². The summed E-state index contributed by atoms with van der Waals surface area (Å²) in [7, 11) is 1.57. The maximum Gasteiger partial charge on any atom is 0.238 e. The Hall–Kier alpha value is -2.23. The van der Waals surface area contributed by atoms with Gasteiger partial charge in [-0.05, 0) is 25.5 Å². The summed E-state index contributed by atoms with van der Waals surface area (Å²) in [5.41, 5.74) is -1.37. The molecule has 0 saturated carbocycles. The second kappa shape index (κ2) is 11.9. The van der Waals surface area contributed by atoms with Crippen molar-refractivity contribution in [2.75, 3.05) is 20.2 Å². The van der Waals surface area contributed by atoms with E-state index in [2.05, 4.69) is 10.3 Å². The molecule has 1 aromatic carbocycles. The topological polar surface area (TPSA) is 141 Å². The van der Waals surface area contributed by atoms with Gasteiger partial charge in [0.1, 0.15) is 40.7 Å². The second-order valence-electron chi connectivity index (χ2n) is 8.42. The molecular weight excluding hydrogens is 505 g/mol. The van der Waals surface area contributed by atoms with Crippen LogP contribution in [0.15, 0.2) is 18.3 Å². The molecule has 0 unspecified atom stereocenters. The molecule has 200 valence electrons. The molecule has 1 aromatic heterocycles. The lowest BCUT2D eigenvalue weighted by Gasteiger charge is -2.43. The van der Waals surface area contributed by atoms with Gasteiger partial charge in [0.25, 0.3) is 0 Å². The zero-order valence-corrected chi connectivity index (χ0v) is 20.6. The predicted molar refractivity (Wildman–Crippen MR) is 123 cm³/mol. The van der Waals surface area contributed by atoms with Crippen LogP contribution in [0.1, 0.15) is 26.3 Å². The highest BCUT2D eigenvalue weighted by atomic mass is 32.2. The summed E-state index contributed by atoms with van der Waals surface area (Å²) in [4.78, 5) is 14.3. The van der Waals surface area contributed by atoms with Crippen molar-refractivity contribution in [2.24, 2.45) is 0 Å². The molecule has 7 atom stereocenters. The maximum absolute atomic E-state index is 13.7. The van der Waals surface area contributed by atoms with Gasteiger partial charge in [0.15, 0.2) is 17.5 Å². The zero-order chi connectivity index (χ0) is 26.7. The van der Waals surface area contributed by atoms with E-state index in [0.717, 1.165) is 28.6 Å². The number of hydrogen-bond acceptors (Lipinski definition) is 9. The average molecular weight is 535 g/mol. The molecule has 36 heavy (non-hydrogen) atoms. The summed E-state index contributed by atoms with van der Waals surface area (Å²) in [5, 5.41) is 48.7. The van der Waals surface area contributed by atoms with Crippen molar-refractivity contribution in [3.63, 3.8) is 0 Å². The number of carbonyl (C=O) groups is 1. The van der Waals surface area contributed by atoms with Gasteiger partial charge in [-0.2, -0.15) is 0 Å². The van der Waals surface area contributed by atoms with Crippen molar-refractivity contribution in [1.82, 2.24) is 19.9 Å². The first kappa shape index (κ1) is 28.3. The molecular formula is C22H29F3N4O6S. The van der Waals surface area contributed by atoms with Crippen molar-refractivity contribution in [2.45, 2.75) is 61.4 Å². The summed E-state index contributed by atoms with van der Waals surface area (Å²) in [6, 6.07) is 0.208. The molecule has 2 heterocycles. The first-order valence-corrected chi connectivity index (χ1v) is 12.3. The number of amides is 1. The van der Waals surface area contributed by atoms with Gasteiger partial charge in [0, 0.05) is 19.2 Å². The third-order valence-electron chi connectivity index (χ3n) is 6.09. The van der Waals surface area contributed by atoms with Crippen LogP contribution < -0.4 is 0 Å². The molecule has 0 bridgehead atoms. The number of benzene rings is 1. The summed E-state index contributed by atoms with van der Waals surface area (Å²) in [5.74, 6) is -4.88. The maximum atomic E-state index is 13.7. The largest absolute Gasteiger partial charge is 0.394 e. The Morgan fingerprint density at radius 2 is 1.86 bits per heavy atom. The normalized spacial score (nSPS) is 26.0. The van der Waals surface area contributed by atoms with Crippen LogP contribution in [0, 0.1) is 17.5 Å². The highest BCUT2D eigenvalue weighted by Gasteiger charge is 2.48. The molecule has 1 amide bonds. The fraction of sp³-hybridized carbons (Fsp3) is 0.591. The van der Waals surface area contributed by atoms with Gasteiger partial charge < -0.3 is 30.1 Å². The summed E-state index contributed by atoms with van der Waals surface area (Å²) >= 11 is 0.849. The van der Waals surface area contributed by atoms with E-state index in [9.17, 15) is 38.4 Å². The fourth-order valence-corrected chi connectivity index (χ4v) is 5.28. The molecule has 1 aliphatic heterocycles. The number of rotatable bonds is 9. The highest BCUT2D eigenvalue weighted by Crippen LogP contribution is 2.38. The minimum atomic E-state index is -1.64. The second-order valence-corrected chi connectivity index (χ2v) is 9.66. The molecule has 4 N–H and O–H groups in total. The van der Waals surface area contributed by atoms with Gasteiger partial charge in [-0.15, -0.1) is 16.9 Å². The van der Waals surface area contributed by atoms with E-state index >= 15 is 0 Å². The lowest BCUT2D eigenvalue weighted by atomic mass is 9.97. The SMILES string of the molecule is CC[C@H](O)[C@H](S[C@@H]1O[C@H](CO)[C@H](O)[C@H](n2cc(-c3cc(F)c(F)c(F)c3)nn2)[C@H]1O)C(=O)N(C)CC. The highest BCUT2D eigenvalue weighted by molar-refractivity contribution is 8.01. The molecule has 10 nitrogen and oxygen atoms in total. The lowest BCUT2D eigenvalue weighted by molar-refractivity contribution is -0.178. The number of hydrogen-bond donors (Lipinski definition) is 4. The van der Waals surface area contributed by atoms with Crippen LogP contribution in [-0.4, -0.2) is 102 Å². The number of aliphatic hydroxyl groups excluding tert-OH is 4. The van der Waals surface area contributed by atoms with Gasteiger partial charge in [0.05, 0.1) is 18.9 Å². The zero-order valence-electron chi connectivity index (χ0n) is 19.8. The summed E-state index contributed by atoms with van der Waals surface area (Å²) in [6.45, 7) is 3.20. The summed E-state index contributed by atoms with van der Waals surface area (Å²) in [6.07, 6.45) is -3.80.